The van der Waals surface area contributed by atoms with E-state index in [2.05, 4.69) is 26.2 Å². The molecule has 0 saturated carbocycles. The zero-order valence-electron chi connectivity index (χ0n) is 9.55. The van der Waals surface area contributed by atoms with Crippen LogP contribution in [0.25, 0.3) is 0 Å². The molecule has 0 N–H and O–H groups in total. The van der Waals surface area contributed by atoms with Crippen LogP contribution in [0.15, 0.2) is 0 Å². The third kappa shape index (κ3) is 2.20. The van der Waals surface area contributed by atoms with Crippen molar-refractivity contribution < 1.29 is 12.3 Å². The second-order valence-corrected chi connectivity index (χ2v) is 16.1. The Balaban J connectivity index is 2.20. The Morgan fingerprint density at radius 1 is 0.714 bits per heavy atom. The fourth-order valence-electron chi connectivity index (χ4n) is 2.67. The molecule has 2 aliphatic rings. The molecule has 3 nitrogen and oxygen atoms in total. The topological polar surface area (TPSA) is 27.7 Å². The van der Waals surface area contributed by atoms with Crippen molar-refractivity contribution in [1.29, 1.82) is 0 Å². The highest BCUT2D eigenvalue weighted by Crippen LogP contribution is 2.40. The number of hydrogen-bond donors (Lipinski definition) is 0. The molecule has 2 fully saturated rings. The molecule has 0 aromatic carbocycles. The Kier molecular flexibility index (Phi) is 2.57. The molecule has 0 bridgehead atoms. The minimum atomic E-state index is -1.86. The van der Waals surface area contributed by atoms with E-state index in [1.807, 2.05) is 0 Å². The van der Waals surface area contributed by atoms with E-state index >= 15 is 0 Å². The summed E-state index contributed by atoms with van der Waals surface area (Å²) in [6.45, 7) is 8.66. The van der Waals surface area contributed by atoms with Crippen molar-refractivity contribution in [1.82, 2.24) is 0 Å². The van der Waals surface area contributed by atoms with Crippen molar-refractivity contribution in [3.63, 3.8) is 0 Å². The van der Waals surface area contributed by atoms with Gasteiger partial charge in [-0.3, -0.25) is 0 Å². The summed E-state index contributed by atoms with van der Waals surface area (Å²) >= 11 is 0. The second-order valence-electron chi connectivity index (χ2n) is 5.22. The molecule has 2 aliphatic heterocycles. The van der Waals surface area contributed by atoms with Gasteiger partial charge in [-0.1, -0.05) is 12.8 Å². The minimum absolute atomic E-state index is 1.20. The van der Waals surface area contributed by atoms with Crippen molar-refractivity contribution in [3.8, 4) is 0 Å². The first-order valence-corrected chi connectivity index (χ1v) is 13.3. The minimum Gasteiger partial charge on any atom is -0.416 e. The summed E-state index contributed by atoms with van der Waals surface area (Å²) in [6, 6.07) is 2.40. The predicted molar refractivity (Wildman–Crippen MR) is 62.8 cm³/mol. The SMILES string of the molecule is C[Si]1(C)O[Si](C)(C)O[Si]2(CCCC2)O1. The first-order valence-electron chi connectivity index (χ1n) is 5.43. The molecule has 0 amide bonds. The van der Waals surface area contributed by atoms with Gasteiger partial charge in [0.1, 0.15) is 0 Å². The molecule has 82 valence electrons. The van der Waals surface area contributed by atoms with E-state index < -0.39 is 25.7 Å². The molecule has 0 aromatic rings. The molecule has 2 heterocycles. The van der Waals surface area contributed by atoms with Crippen molar-refractivity contribution in [2.75, 3.05) is 0 Å². The molecule has 0 aliphatic carbocycles. The summed E-state index contributed by atoms with van der Waals surface area (Å²) in [7, 11) is -5.52. The lowest BCUT2D eigenvalue weighted by molar-refractivity contribution is 0.232. The number of hydrogen-bond acceptors (Lipinski definition) is 3. The van der Waals surface area contributed by atoms with Gasteiger partial charge < -0.3 is 12.3 Å². The third-order valence-corrected chi connectivity index (χ3v) is 15.8. The summed E-state index contributed by atoms with van der Waals surface area (Å²) < 4.78 is 18.5. The summed E-state index contributed by atoms with van der Waals surface area (Å²) in [5, 5.41) is 0. The van der Waals surface area contributed by atoms with Crippen LogP contribution in [0.1, 0.15) is 12.8 Å². The maximum atomic E-state index is 6.23. The van der Waals surface area contributed by atoms with E-state index in [-0.39, 0.29) is 0 Å². The fourth-order valence-corrected chi connectivity index (χ4v) is 19.7. The average molecular weight is 249 g/mol. The van der Waals surface area contributed by atoms with Crippen LogP contribution in [0, 0.1) is 0 Å². The van der Waals surface area contributed by atoms with Crippen molar-refractivity contribution in [2.45, 2.75) is 51.1 Å². The molecule has 0 aromatic heterocycles. The van der Waals surface area contributed by atoms with E-state index in [0.29, 0.717) is 0 Å². The van der Waals surface area contributed by atoms with Gasteiger partial charge in [0.05, 0.1) is 0 Å². The summed E-state index contributed by atoms with van der Waals surface area (Å²) in [4.78, 5) is 0. The van der Waals surface area contributed by atoms with Gasteiger partial charge in [-0.2, -0.15) is 0 Å². The Morgan fingerprint density at radius 2 is 1.14 bits per heavy atom. The van der Waals surface area contributed by atoms with Crippen LogP contribution >= 0.6 is 0 Å². The van der Waals surface area contributed by atoms with Gasteiger partial charge in [0.15, 0.2) is 0 Å². The maximum absolute atomic E-state index is 6.23. The Morgan fingerprint density at radius 3 is 1.57 bits per heavy atom. The molecule has 6 heteroatoms. The highest BCUT2D eigenvalue weighted by molar-refractivity contribution is 6.93. The molecular formula is C8H20O3Si3. The summed E-state index contributed by atoms with van der Waals surface area (Å²) in [5.74, 6) is 0. The van der Waals surface area contributed by atoms with Gasteiger partial charge in [0.2, 0.25) is 0 Å². The lowest BCUT2D eigenvalue weighted by Gasteiger charge is -2.47. The summed E-state index contributed by atoms with van der Waals surface area (Å²) in [5.41, 5.74) is 0. The molecule has 1 spiro atoms. The Hall–Kier alpha value is 0.531. The van der Waals surface area contributed by atoms with E-state index in [1.54, 1.807) is 0 Å². The van der Waals surface area contributed by atoms with E-state index in [9.17, 15) is 0 Å². The van der Waals surface area contributed by atoms with Crippen LogP contribution in [0.2, 0.25) is 38.3 Å². The fraction of sp³-hybridized carbons (Fsp3) is 1.00. The zero-order valence-corrected chi connectivity index (χ0v) is 12.6. The third-order valence-electron chi connectivity index (χ3n) is 2.72. The largest absolute Gasteiger partial charge is 0.416 e. The summed E-state index contributed by atoms with van der Waals surface area (Å²) in [6.07, 6.45) is 2.59. The van der Waals surface area contributed by atoms with E-state index in [0.717, 1.165) is 0 Å². The lowest BCUT2D eigenvalue weighted by atomic mass is 10.4. The molecule has 0 unspecified atom stereocenters. The Bertz CT molecular complexity index is 218. The van der Waals surface area contributed by atoms with Crippen LogP contribution < -0.4 is 0 Å². The first-order chi connectivity index (χ1) is 6.33. The normalized spacial score (nSPS) is 33.4. The predicted octanol–water partition coefficient (Wildman–Crippen LogP) is 2.69. The molecule has 2 saturated heterocycles. The van der Waals surface area contributed by atoms with Gasteiger partial charge in [0.25, 0.3) is 0 Å². The van der Waals surface area contributed by atoms with Gasteiger partial charge in [-0.25, -0.2) is 0 Å². The van der Waals surface area contributed by atoms with Crippen molar-refractivity contribution >= 4 is 25.7 Å². The van der Waals surface area contributed by atoms with E-state index in [4.69, 9.17) is 12.3 Å². The standard InChI is InChI=1S/C8H20O3Si3/c1-12(2)9-13(3,4)11-14(10-12)7-5-6-8-14/h5-8H2,1-4H3. The highest BCUT2D eigenvalue weighted by Gasteiger charge is 2.56. The van der Waals surface area contributed by atoms with Gasteiger partial charge in [-0.05, 0) is 38.3 Å². The molecule has 2 rings (SSSR count). The molecule has 14 heavy (non-hydrogen) atoms. The average Bonchev–Trinajstić information content (AvgIpc) is 2.27. The maximum Gasteiger partial charge on any atom is 0.320 e. The van der Waals surface area contributed by atoms with Crippen LogP contribution in [-0.2, 0) is 12.3 Å². The Labute approximate surface area is 89.5 Å². The molecular weight excluding hydrogens is 228 g/mol. The van der Waals surface area contributed by atoms with Gasteiger partial charge in [0, 0.05) is 0 Å². The van der Waals surface area contributed by atoms with E-state index in [1.165, 1.54) is 24.9 Å². The van der Waals surface area contributed by atoms with Crippen molar-refractivity contribution in [3.05, 3.63) is 0 Å². The number of rotatable bonds is 0. The van der Waals surface area contributed by atoms with Crippen LogP contribution in [0.3, 0.4) is 0 Å². The first kappa shape index (κ1) is 11.0. The quantitative estimate of drug-likeness (QED) is 0.617. The second kappa shape index (κ2) is 3.26. The monoisotopic (exact) mass is 248 g/mol. The van der Waals surface area contributed by atoms with Crippen molar-refractivity contribution in [2.24, 2.45) is 0 Å². The highest BCUT2D eigenvalue weighted by atomic mass is 28.5. The zero-order chi connectivity index (χ0) is 10.4. The van der Waals surface area contributed by atoms with Crippen LogP contribution in [0.4, 0.5) is 0 Å². The van der Waals surface area contributed by atoms with Crippen LogP contribution in [0.5, 0.6) is 0 Å². The smallest absolute Gasteiger partial charge is 0.320 e. The molecule has 0 atom stereocenters. The van der Waals surface area contributed by atoms with Crippen LogP contribution in [-0.4, -0.2) is 25.7 Å². The van der Waals surface area contributed by atoms with Gasteiger partial charge >= 0.3 is 25.7 Å². The molecule has 0 radical (unpaired) electrons. The lowest BCUT2D eigenvalue weighted by Crippen LogP contribution is -2.65. The van der Waals surface area contributed by atoms with Gasteiger partial charge in [-0.15, -0.1) is 0 Å².